The Bertz CT molecular complexity index is 587. The van der Waals surface area contributed by atoms with E-state index in [1.165, 1.54) is 0 Å². The third-order valence-electron chi connectivity index (χ3n) is 3.39. The van der Waals surface area contributed by atoms with Gasteiger partial charge in [0.1, 0.15) is 12.1 Å². The second kappa shape index (κ2) is 5.01. The zero-order valence-corrected chi connectivity index (χ0v) is 11.0. The molecule has 0 bridgehead atoms. The Morgan fingerprint density at radius 2 is 2.26 bits per heavy atom. The van der Waals surface area contributed by atoms with Crippen molar-refractivity contribution in [2.24, 2.45) is 0 Å². The molecule has 1 aliphatic heterocycles. The Labute approximate surface area is 112 Å². The second-order valence-corrected chi connectivity index (χ2v) is 4.95. The minimum atomic E-state index is 0.216. The van der Waals surface area contributed by atoms with E-state index in [1.54, 1.807) is 6.33 Å². The lowest BCUT2D eigenvalue weighted by molar-refractivity contribution is 0.0820. The maximum absolute atomic E-state index is 5.88. The maximum Gasteiger partial charge on any atom is 0.140 e. The molecule has 19 heavy (non-hydrogen) atoms. The van der Waals surface area contributed by atoms with Crippen molar-refractivity contribution in [2.75, 3.05) is 30.3 Å². The SMILES string of the molecule is CC1CN(c2ncnc3ccc(N)cc23)CCCO1. The second-order valence-electron chi connectivity index (χ2n) is 4.95. The van der Waals surface area contributed by atoms with Crippen LogP contribution in [0.15, 0.2) is 24.5 Å². The number of anilines is 2. The first-order chi connectivity index (χ1) is 9.24. The molecule has 0 saturated carbocycles. The van der Waals surface area contributed by atoms with E-state index >= 15 is 0 Å². The van der Waals surface area contributed by atoms with E-state index in [4.69, 9.17) is 10.5 Å². The van der Waals surface area contributed by atoms with Crippen LogP contribution in [0.4, 0.5) is 11.5 Å². The summed E-state index contributed by atoms with van der Waals surface area (Å²) in [6.07, 6.45) is 2.84. The van der Waals surface area contributed by atoms with Gasteiger partial charge in [-0.1, -0.05) is 0 Å². The quantitative estimate of drug-likeness (QED) is 0.790. The molecule has 0 radical (unpaired) electrons. The van der Waals surface area contributed by atoms with E-state index in [0.717, 1.165) is 48.5 Å². The van der Waals surface area contributed by atoms with Crippen molar-refractivity contribution in [3.63, 3.8) is 0 Å². The number of aromatic nitrogens is 2. The van der Waals surface area contributed by atoms with Gasteiger partial charge < -0.3 is 15.4 Å². The number of hydrogen-bond acceptors (Lipinski definition) is 5. The number of ether oxygens (including phenoxy) is 1. The molecular formula is C14H18N4O. The van der Waals surface area contributed by atoms with Crippen LogP contribution in [0.2, 0.25) is 0 Å². The fourth-order valence-electron chi connectivity index (χ4n) is 2.50. The molecule has 1 unspecified atom stereocenters. The predicted octanol–water partition coefficient (Wildman–Crippen LogP) is 1.83. The van der Waals surface area contributed by atoms with E-state index in [9.17, 15) is 0 Å². The van der Waals surface area contributed by atoms with Gasteiger partial charge in [-0.05, 0) is 31.5 Å². The monoisotopic (exact) mass is 258 g/mol. The molecule has 3 rings (SSSR count). The summed E-state index contributed by atoms with van der Waals surface area (Å²) >= 11 is 0. The summed E-state index contributed by atoms with van der Waals surface area (Å²) in [5.41, 5.74) is 7.55. The van der Waals surface area contributed by atoms with Gasteiger partial charge in [-0.3, -0.25) is 0 Å². The number of rotatable bonds is 1. The zero-order chi connectivity index (χ0) is 13.2. The molecule has 5 nitrogen and oxygen atoms in total. The van der Waals surface area contributed by atoms with Crippen LogP contribution < -0.4 is 10.6 Å². The molecule has 0 amide bonds. The zero-order valence-electron chi connectivity index (χ0n) is 11.0. The Balaban J connectivity index is 2.05. The smallest absolute Gasteiger partial charge is 0.140 e. The summed E-state index contributed by atoms with van der Waals surface area (Å²) in [7, 11) is 0. The summed E-state index contributed by atoms with van der Waals surface area (Å²) in [5, 5.41) is 1.01. The molecule has 1 aliphatic rings. The first kappa shape index (κ1) is 12.2. The Morgan fingerprint density at radius 1 is 1.37 bits per heavy atom. The van der Waals surface area contributed by atoms with Crippen molar-refractivity contribution < 1.29 is 4.74 Å². The molecule has 1 saturated heterocycles. The standard InChI is InChI=1S/C14H18N4O/c1-10-8-18(5-2-6-19-10)14-12-7-11(15)3-4-13(12)16-9-17-14/h3-4,7,9-10H,2,5-6,8,15H2,1H3. The van der Waals surface area contributed by atoms with Gasteiger partial charge in [0.15, 0.2) is 0 Å². The Hall–Kier alpha value is -1.88. The van der Waals surface area contributed by atoms with Gasteiger partial charge in [-0.25, -0.2) is 9.97 Å². The molecular weight excluding hydrogens is 240 g/mol. The van der Waals surface area contributed by atoms with Crippen molar-refractivity contribution in [3.05, 3.63) is 24.5 Å². The van der Waals surface area contributed by atoms with E-state index in [0.29, 0.717) is 0 Å². The molecule has 1 atom stereocenters. The average Bonchev–Trinajstić information content (AvgIpc) is 2.62. The number of nitrogens with zero attached hydrogens (tertiary/aromatic N) is 3. The predicted molar refractivity (Wildman–Crippen MR) is 76.2 cm³/mol. The molecule has 100 valence electrons. The third kappa shape index (κ3) is 2.46. The molecule has 2 heterocycles. The van der Waals surface area contributed by atoms with Gasteiger partial charge in [0.2, 0.25) is 0 Å². The van der Waals surface area contributed by atoms with Crippen LogP contribution in [0.1, 0.15) is 13.3 Å². The lowest BCUT2D eigenvalue weighted by Crippen LogP contribution is -2.31. The first-order valence-corrected chi connectivity index (χ1v) is 6.61. The highest BCUT2D eigenvalue weighted by Gasteiger charge is 2.18. The van der Waals surface area contributed by atoms with Gasteiger partial charge in [0, 0.05) is 30.8 Å². The van der Waals surface area contributed by atoms with E-state index in [-0.39, 0.29) is 6.10 Å². The van der Waals surface area contributed by atoms with Gasteiger partial charge >= 0.3 is 0 Å². The Morgan fingerprint density at radius 3 is 3.16 bits per heavy atom. The minimum Gasteiger partial charge on any atom is -0.399 e. The highest BCUT2D eigenvalue weighted by molar-refractivity contribution is 5.91. The first-order valence-electron chi connectivity index (χ1n) is 6.61. The van der Waals surface area contributed by atoms with Crippen LogP contribution in [0.3, 0.4) is 0 Å². The highest BCUT2D eigenvalue weighted by atomic mass is 16.5. The fourth-order valence-corrected chi connectivity index (χ4v) is 2.50. The highest BCUT2D eigenvalue weighted by Crippen LogP contribution is 2.26. The fraction of sp³-hybridized carbons (Fsp3) is 0.429. The van der Waals surface area contributed by atoms with Crippen LogP contribution in [-0.2, 0) is 4.74 Å². The minimum absolute atomic E-state index is 0.216. The molecule has 0 aliphatic carbocycles. The summed E-state index contributed by atoms with van der Waals surface area (Å²) in [6, 6.07) is 5.75. The number of benzene rings is 1. The molecule has 2 N–H and O–H groups in total. The van der Waals surface area contributed by atoms with Crippen molar-refractivity contribution >= 4 is 22.4 Å². The average molecular weight is 258 g/mol. The normalized spacial score (nSPS) is 20.5. The number of hydrogen-bond donors (Lipinski definition) is 1. The maximum atomic E-state index is 5.88. The summed E-state index contributed by atoms with van der Waals surface area (Å²) in [5.74, 6) is 0.953. The van der Waals surface area contributed by atoms with Crippen molar-refractivity contribution in [1.82, 2.24) is 9.97 Å². The molecule has 1 fully saturated rings. The molecule has 1 aromatic carbocycles. The van der Waals surface area contributed by atoms with Crippen LogP contribution in [0, 0.1) is 0 Å². The largest absolute Gasteiger partial charge is 0.399 e. The lowest BCUT2D eigenvalue weighted by atomic mass is 10.2. The number of nitrogen functional groups attached to an aromatic ring is 1. The van der Waals surface area contributed by atoms with Crippen LogP contribution in [0.5, 0.6) is 0 Å². The topological polar surface area (TPSA) is 64.3 Å². The van der Waals surface area contributed by atoms with Crippen molar-refractivity contribution in [1.29, 1.82) is 0 Å². The molecule has 1 aromatic heterocycles. The molecule has 5 heteroatoms. The number of nitrogens with two attached hydrogens (primary N) is 1. The van der Waals surface area contributed by atoms with E-state index in [2.05, 4.69) is 21.8 Å². The van der Waals surface area contributed by atoms with Crippen LogP contribution in [0.25, 0.3) is 10.9 Å². The third-order valence-corrected chi connectivity index (χ3v) is 3.39. The van der Waals surface area contributed by atoms with Crippen LogP contribution >= 0.6 is 0 Å². The van der Waals surface area contributed by atoms with Gasteiger partial charge in [-0.2, -0.15) is 0 Å². The summed E-state index contributed by atoms with van der Waals surface area (Å²) in [4.78, 5) is 11.0. The summed E-state index contributed by atoms with van der Waals surface area (Å²) < 4.78 is 5.68. The van der Waals surface area contributed by atoms with Gasteiger partial charge in [-0.15, -0.1) is 0 Å². The molecule has 2 aromatic rings. The van der Waals surface area contributed by atoms with Crippen molar-refractivity contribution in [3.8, 4) is 0 Å². The molecule has 0 spiro atoms. The van der Waals surface area contributed by atoms with E-state index < -0.39 is 0 Å². The summed E-state index contributed by atoms with van der Waals surface area (Å²) in [6.45, 7) is 4.70. The Kier molecular flexibility index (Phi) is 3.21. The van der Waals surface area contributed by atoms with Gasteiger partial charge in [0.25, 0.3) is 0 Å². The lowest BCUT2D eigenvalue weighted by Gasteiger charge is -2.24. The van der Waals surface area contributed by atoms with E-state index in [1.807, 2.05) is 18.2 Å². The number of fused-ring (bicyclic) bond motifs is 1. The van der Waals surface area contributed by atoms with Crippen LogP contribution in [-0.4, -0.2) is 35.8 Å². The van der Waals surface area contributed by atoms with Crippen molar-refractivity contribution in [2.45, 2.75) is 19.4 Å². The van der Waals surface area contributed by atoms with Gasteiger partial charge in [0.05, 0.1) is 11.6 Å².